The van der Waals surface area contributed by atoms with Gasteiger partial charge in [-0.05, 0) is 60.2 Å². The van der Waals surface area contributed by atoms with E-state index in [1.54, 1.807) is 0 Å². The maximum absolute atomic E-state index is 13.0. The topological polar surface area (TPSA) is 12.0 Å². The van der Waals surface area contributed by atoms with E-state index in [4.69, 9.17) is 0 Å². The van der Waals surface area contributed by atoms with Gasteiger partial charge in [0.15, 0.2) is 0 Å². The van der Waals surface area contributed by atoms with Crippen LogP contribution in [0.3, 0.4) is 0 Å². The number of benzene rings is 2. The molecule has 0 heterocycles. The number of hydrogen-bond acceptors (Lipinski definition) is 1. The second-order valence-electron chi connectivity index (χ2n) is 5.31. The summed E-state index contributed by atoms with van der Waals surface area (Å²) in [5.41, 5.74) is 4.78. The van der Waals surface area contributed by atoms with Gasteiger partial charge in [-0.25, -0.2) is 4.39 Å². The third kappa shape index (κ3) is 3.02. The first-order valence-electron chi connectivity index (χ1n) is 6.81. The molecule has 0 amide bonds. The quantitative estimate of drug-likeness (QED) is 0.869. The monoisotopic (exact) mass is 255 g/mol. The molecule has 2 aromatic carbocycles. The average molecular weight is 255 g/mol. The minimum absolute atomic E-state index is 0.187. The summed E-state index contributed by atoms with van der Waals surface area (Å²) in [6, 6.07) is 14.0. The Morgan fingerprint density at radius 3 is 2.53 bits per heavy atom. The Bertz CT molecular complexity index is 570. The van der Waals surface area contributed by atoms with Gasteiger partial charge < -0.3 is 5.32 Å². The fourth-order valence-electron chi connectivity index (χ4n) is 2.27. The van der Waals surface area contributed by atoms with Crippen molar-refractivity contribution in [2.24, 2.45) is 0 Å². The Hall–Kier alpha value is -1.67. The zero-order valence-electron chi connectivity index (χ0n) is 11.1. The smallest absolute Gasteiger partial charge is 0.123 e. The first kappa shape index (κ1) is 12.4. The van der Waals surface area contributed by atoms with Crippen LogP contribution < -0.4 is 5.32 Å². The molecule has 0 aromatic heterocycles. The average Bonchev–Trinajstić information content (AvgIpc) is 3.23. The summed E-state index contributed by atoms with van der Waals surface area (Å²) in [6.07, 6.45) is 2.60. The summed E-state index contributed by atoms with van der Waals surface area (Å²) in [5.74, 6) is -0.187. The minimum Gasteiger partial charge on any atom is -0.310 e. The summed E-state index contributed by atoms with van der Waals surface area (Å²) < 4.78 is 13.0. The largest absolute Gasteiger partial charge is 0.310 e. The van der Waals surface area contributed by atoms with Crippen molar-refractivity contribution in [3.63, 3.8) is 0 Å². The second-order valence-corrected chi connectivity index (χ2v) is 5.31. The molecule has 0 unspecified atom stereocenters. The summed E-state index contributed by atoms with van der Waals surface area (Å²) in [4.78, 5) is 0. The van der Waals surface area contributed by atoms with Crippen LogP contribution in [0.15, 0.2) is 42.5 Å². The van der Waals surface area contributed by atoms with Crippen molar-refractivity contribution >= 4 is 0 Å². The molecule has 2 heteroatoms. The lowest BCUT2D eigenvalue weighted by Gasteiger charge is -2.10. The van der Waals surface area contributed by atoms with Crippen molar-refractivity contribution in [3.8, 4) is 11.1 Å². The van der Waals surface area contributed by atoms with Crippen molar-refractivity contribution < 1.29 is 4.39 Å². The summed E-state index contributed by atoms with van der Waals surface area (Å²) in [5, 5.41) is 3.52. The maximum atomic E-state index is 13.0. The molecular weight excluding hydrogens is 237 g/mol. The van der Waals surface area contributed by atoms with E-state index in [0.29, 0.717) is 0 Å². The number of rotatable bonds is 4. The molecule has 0 bridgehead atoms. The van der Waals surface area contributed by atoms with Crippen LogP contribution in [-0.4, -0.2) is 6.04 Å². The van der Waals surface area contributed by atoms with Crippen LogP contribution in [0, 0.1) is 12.7 Å². The molecular formula is C17H18FN. The van der Waals surface area contributed by atoms with E-state index in [1.807, 2.05) is 12.1 Å². The predicted octanol–water partition coefficient (Wildman–Crippen LogP) is 4.05. The van der Waals surface area contributed by atoms with E-state index in [0.717, 1.165) is 18.2 Å². The van der Waals surface area contributed by atoms with E-state index in [1.165, 1.54) is 41.7 Å². The Balaban J connectivity index is 1.85. The van der Waals surface area contributed by atoms with Crippen LogP contribution in [0.1, 0.15) is 24.0 Å². The van der Waals surface area contributed by atoms with Gasteiger partial charge in [0.05, 0.1) is 0 Å². The fraction of sp³-hybridized carbons (Fsp3) is 0.294. The number of halogens is 1. The number of aryl methyl sites for hydroxylation is 1. The van der Waals surface area contributed by atoms with Gasteiger partial charge in [-0.1, -0.05) is 24.3 Å². The molecule has 19 heavy (non-hydrogen) atoms. The lowest BCUT2D eigenvalue weighted by molar-refractivity contribution is 0.628. The highest BCUT2D eigenvalue weighted by Gasteiger charge is 2.19. The van der Waals surface area contributed by atoms with Crippen LogP contribution >= 0.6 is 0 Å². The first-order chi connectivity index (χ1) is 9.22. The van der Waals surface area contributed by atoms with Crippen LogP contribution in [0.4, 0.5) is 4.39 Å². The van der Waals surface area contributed by atoms with Crippen molar-refractivity contribution in [1.82, 2.24) is 5.32 Å². The standard InChI is InChI=1S/C17H18FN/c1-12-2-3-13(11-19-16-8-9-16)10-17(12)14-4-6-15(18)7-5-14/h2-7,10,16,19H,8-9,11H2,1H3. The van der Waals surface area contributed by atoms with Crippen LogP contribution in [0.25, 0.3) is 11.1 Å². The molecule has 1 fully saturated rings. The van der Waals surface area contributed by atoms with Crippen molar-refractivity contribution in [2.45, 2.75) is 32.4 Å². The molecule has 3 rings (SSSR count). The highest BCUT2D eigenvalue weighted by molar-refractivity contribution is 5.67. The van der Waals surface area contributed by atoms with Gasteiger partial charge in [0.1, 0.15) is 5.82 Å². The van der Waals surface area contributed by atoms with Gasteiger partial charge in [-0.15, -0.1) is 0 Å². The second kappa shape index (κ2) is 5.14. The molecule has 98 valence electrons. The van der Waals surface area contributed by atoms with E-state index in [2.05, 4.69) is 30.4 Å². The van der Waals surface area contributed by atoms with Gasteiger partial charge in [0.2, 0.25) is 0 Å². The van der Waals surface area contributed by atoms with E-state index in [-0.39, 0.29) is 5.82 Å². The van der Waals surface area contributed by atoms with Gasteiger partial charge in [0.25, 0.3) is 0 Å². The molecule has 0 radical (unpaired) electrons. The minimum atomic E-state index is -0.187. The van der Waals surface area contributed by atoms with Crippen LogP contribution in [0.5, 0.6) is 0 Å². The van der Waals surface area contributed by atoms with Gasteiger partial charge in [0, 0.05) is 12.6 Å². The molecule has 1 saturated carbocycles. The zero-order valence-corrected chi connectivity index (χ0v) is 11.1. The lowest BCUT2D eigenvalue weighted by atomic mass is 9.98. The first-order valence-corrected chi connectivity index (χ1v) is 6.81. The van der Waals surface area contributed by atoms with Gasteiger partial charge in [-0.3, -0.25) is 0 Å². The zero-order chi connectivity index (χ0) is 13.2. The third-order valence-corrected chi connectivity index (χ3v) is 3.63. The lowest BCUT2D eigenvalue weighted by Crippen LogP contribution is -2.15. The molecule has 1 N–H and O–H groups in total. The van der Waals surface area contributed by atoms with Crippen molar-refractivity contribution in [2.75, 3.05) is 0 Å². The normalized spacial score (nSPS) is 14.6. The molecule has 1 aliphatic carbocycles. The Kier molecular flexibility index (Phi) is 3.34. The van der Waals surface area contributed by atoms with E-state index >= 15 is 0 Å². The fourth-order valence-corrected chi connectivity index (χ4v) is 2.27. The van der Waals surface area contributed by atoms with Crippen LogP contribution in [-0.2, 0) is 6.54 Å². The Morgan fingerprint density at radius 2 is 1.84 bits per heavy atom. The van der Waals surface area contributed by atoms with E-state index in [9.17, 15) is 4.39 Å². The summed E-state index contributed by atoms with van der Waals surface area (Å²) in [6.45, 7) is 3.01. The number of hydrogen-bond donors (Lipinski definition) is 1. The summed E-state index contributed by atoms with van der Waals surface area (Å²) >= 11 is 0. The Labute approximate surface area is 113 Å². The van der Waals surface area contributed by atoms with Crippen molar-refractivity contribution in [1.29, 1.82) is 0 Å². The maximum Gasteiger partial charge on any atom is 0.123 e. The van der Waals surface area contributed by atoms with E-state index < -0.39 is 0 Å². The molecule has 0 spiro atoms. The highest BCUT2D eigenvalue weighted by Crippen LogP contribution is 2.25. The molecule has 2 aromatic rings. The molecule has 0 saturated heterocycles. The highest BCUT2D eigenvalue weighted by atomic mass is 19.1. The molecule has 0 atom stereocenters. The SMILES string of the molecule is Cc1ccc(CNC2CC2)cc1-c1ccc(F)cc1. The predicted molar refractivity (Wildman–Crippen MR) is 76.4 cm³/mol. The molecule has 1 nitrogen and oxygen atoms in total. The molecule has 1 aliphatic rings. The Morgan fingerprint density at radius 1 is 1.11 bits per heavy atom. The number of nitrogens with one attached hydrogen (secondary N) is 1. The summed E-state index contributed by atoms with van der Waals surface area (Å²) in [7, 11) is 0. The van der Waals surface area contributed by atoms with Gasteiger partial charge >= 0.3 is 0 Å². The van der Waals surface area contributed by atoms with Gasteiger partial charge in [-0.2, -0.15) is 0 Å². The third-order valence-electron chi connectivity index (χ3n) is 3.63. The van der Waals surface area contributed by atoms with Crippen molar-refractivity contribution in [3.05, 3.63) is 59.4 Å². The molecule has 0 aliphatic heterocycles. The van der Waals surface area contributed by atoms with Crippen LogP contribution in [0.2, 0.25) is 0 Å².